The summed E-state index contributed by atoms with van der Waals surface area (Å²) in [4.78, 5) is 6.47. The van der Waals surface area contributed by atoms with Gasteiger partial charge in [-0.15, -0.1) is 0 Å². The minimum Gasteiger partial charge on any atom is -0.390 e. The van der Waals surface area contributed by atoms with Crippen LogP contribution in [0, 0.1) is 0 Å². The summed E-state index contributed by atoms with van der Waals surface area (Å²) in [6.07, 6.45) is 3.22. The molecule has 1 aromatic rings. The maximum Gasteiger partial charge on any atom is 0.128 e. The molecule has 1 atom stereocenters. The van der Waals surface area contributed by atoms with Crippen molar-refractivity contribution < 1.29 is 5.11 Å². The first-order valence-corrected chi connectivity index (χ1v) is 7.35. The monoisotopic (exact) mass is 274 g/mol. The molecule has 1 rings (SSSR count). The van der Waals surface area contributed by atoms with Gasteiger partial charge in [-0.25, -0.2) is 4.98 Å². The highest BCUT2D eigenvalue weighted by atomic mass is 35.5. The van der Waals surface area contributed by atoms with Crippen molar-refractivity contribution in [1.29, 1.82) is 0 Å². The predicted molar refractivity (Wildman–Crippen MR) is 76.0 cm³/mol. The van der Waals surface area contributed by atoms with Crippen molar-refractivity contribution in [1.82, 2.24) is 4.98 Å². The molecule has 0 aliphatic carbocycles. The summed E-state index contributed by atoms with van der Waals surface area (Å²) in [6.45, 7) is 2.05. The molecule has 0 aliphatic rings. The van der Waals surface area contributed by atoms with Gasteiger partial charge >= 0.3 is 0 Å². The summed E-state index contributed by atoms with van der Waals surface area (Å²) >= 11 is 7.76. The van der Waals surface area contributed by atoms with Crippen LogP contribution in [0.5, 0.6) is 0 Å². The van der Waals surface area contributed by atoms with Crippen LogP contribution >= 0.6 is 23.4 Å². The zero-order valence-electron chi connectivity index (χ0n) is 10.5. The van der Waals surface area contributed by atoms with Gasteiger partial charge in [0.05, 0.1) is 17.3 Å². The number of aromatic nitrogens is 1. The van der Waals surface area contributed by atoms with E-state index in [1.165, 1.54) is 0 Å². The fourth-order valence-electron chi connectivity index (χ4n) is 1.49. The zero-order valence-corrected chi connectivity index (χ0v) is 12.1. The van der Waals surface area contributed by atoms with Gasteiger partial charge in [-0.05, 0) is 37.5 Å². The number of halogens is 1. The second-order valence-corrected chi connectivity index (χ2v) is 5.39. The maximum atomic E-state index is 9.14. The van der Waals surface area contributed by atoms with E-state index in [0.717, 1.165) is 18.0 Å². The van der Waals surface area contributed by atoms with E-state index < -0.39 is 0 Å². The Balaban J connectivity index is 2.77. The Morgan fingerprint density at radius 2 is 2.24 bits per heavy atom. The van der Waals surface area contributed by atoms with E-state index in [4.69, 9.17) is 16.7 Å². The Labute approximate surface area is 112 Å². The van der Waals surface area contributed by atoms with Crippen LogP contribution in [0.3, 0.4) is 0 Å². The van der Waals surface area contributed by atoms with Gasteiger partial charge in [0.25, 0.3) is 0 Å². The standard InChI is InChI=1S/C12H19ClN2OS/c1-9(6-7-17-3)15(2)12-5-4-10(13)11(8-16)14-12/h4-5,9,16H,6-8H2,1-3H3. The van der Waals surface area contributed by atoms with Crippen LogP contribution < -0.4 is 4.90 Å². The van der Waals surface area contributed by atoms with E-state index in [1.807, 2.05) is 24.9 Å². The Kier molecular flexibility index (Phi) is 6.09. The van der Waals surface area contributed by atoms with Gasteiger partial charge in [0.1, 0.15) is 5.82 Å². The molecule has 1 N–H and O–H groups in total. The van der Waals surface area contributed by atoms with Crippen molar-refractivity contribution in [3.8, 4) is 0 Å². The van der Waals surface area contributed by atoms with Gasteiger partial charge < -0.3 is 10.0 Å². The molecule has 0 saturated carbocycles. The number of anilines is 1. The number of pyridine rings is 1. The normalized spacial score (nSPS) is 12.5. The van der Waals surface area contributed by atoms with Crippen LogP contribution in [0.1, 0.15) is 19.0 Å². The average Bonchev–Trinajstić information content (AvgIpc) is 2.35. The van der Waals surface area contributed by atoms with Crippen LogP contribution in [0.25, 0.3) is 0 Å². The minimum absolute atomic E-state index is 0.125. The minimum atomic E-state index is -0.125. The van der Waals surface area contributed by atoms with E-state index in [-0.39, 0.29) is 6.61 Å². The molecular weight excluding hydrogens is 256 g/mol. The molecule has 1 unspecified atom stereocenters. The van der Waals surface area contributed by atoms with E-state index in [1.54, 1.807) is 6.07 Å². The SMILES string of the molecule is CSCCC(C)N(C)c1ccc(Cl)c(CO)n1. The molecule has 1 heterocycles. The molecule has 0 fully saturated rings. The quantitative estimate of drug-likeness (QED) is 0.865. The third kappa shape index (κ3) is 4.05. The van der Waals surface area contributed by atoms with Crippen LogP contribution in [-0.2, 0) is 6.61 Å². The van der Waals surface area contributed by atoms with Gasteiger partial charge in [0.2, 0.25) is 0 Å². The molecule has 0 spiro atoms. The molecule has 3 nitrogen and oxygen atoms in total. The smallest absolute Gasteiger partial charge is 0.128 e. The molecular formula is C12H19ClN2OS. The summed E-state index contributed by atoms with van der Waals surface area (Å²) in [6, 6.07) is 4.09. The predicted octanol–water partition coefficient (Wildman–Crippen LogP) is 2.81. The van der Waals surface area contributed by atoms with Gasteiger partial charge in [-0.1, -0.05) is 11.6 Å². The van der Waals surface area contributed by atoms with Crippen molar-refractivity contribution in [2.24, 2.45) is 0 Å². The molecule has 5 heteroatoms. The van der Waals surface area contributed by atoms with Gasteiger partial charge in [-0.3, -0.25) is 0 Å². The zero-order chi connectivity index (χ0) is 12.8. The largest absolute Gasteiger partial charge is 0.390 e. The van der Waals surface area contributed by atoms with Crippen molar-refractivity contribution in [2.45, 2.75) is 26.0 Å². The number of hydrogen-bond donors (Lipinski definition) is 1. The Bertz CT molecular complexity index is 362. The maximum absolute atomic E-state index is 9.14. The van der Waals surface area contributed by atoms with E-state index >= 15 is 0 Å². The Hall–Kier alpha value is -0.450. The summed E-state index contributed by atoms with van der Waals surface area (Å²) in [5.74, 6) is 1.98. The summed E-state index contributed by atoms with van der Waals surface area (Å²) in [5.41, 5.74) is 0.535. The first-order chi connectivity index (χ1) is 8.10. The highest BCUT2D eigenvalue weighted by molar-refractivity contribution is 7.98. The fourth-order valence-corrected chi connectivity index (χ4v) is 2.23. The molecule has 17 heavy (non-hydrogen) atoms. The van der Waals surface area contributed by atoms with Crippen LogP contribution in [-0.4, -0.2) is 35.2 Å². The Morgan fingerprint density at radius 3 is 2.82 bits per heavy atom. The van der Waals surface area contributed by atoms with Crippen molar-refractivity contribution in [3.63, 3.8) is 0 Å². The third-order valence-electron chi connectivity index (χ3n) is 2.82. The molecule has 0 radical (unpaired) electrons. The summed E-state index contributed by atoms with van der Waals surface area (Å²) in [7, 11) is 2.02. The average molecular weight is 275 g/mol. The summed E-state index contributed by atoms with van der Waals surface area (Å²) < 4.78 is 0. The lowest BCUT2D eigenvalue weighted by molar-refractivity contribution is 0.277. The highest BCUT2D eigenvalue weighted by Gasteiger charge is 2.12. The van der Waals surface area contributed by atoms with E-state index in [2.05, 4.69) is 23.1 Å². The molecule has 96 valence electrons. The lowest BCUT2D eigenvalue weighted by atomic mass is 10.2. The first kappa shape index (κ1) is 14.6. The van der Waals surface area contributed by atoms with Crippen LogP contribution in [0.4, 0.5) is 5.82 Å². The lowest BCUT2D eigenvalue weighted by Crippen LogP contribution is -2.30. The van der Waals surface area contributed by atoms with Crippen molar-refractivity contribution in [2.75, 3.05) is 24.0 Å². The first-order valence-electron chi connectivity index (χ1n) is 5.58. The summed E-state index contributed by atoms with van der Waals surface area (Å²) in [5, 5.41) is 9.65. The lowest BCUT2D eigenvalue weighted by Gasteiger charge is -2.26. The second-order valence-electron chi connectivity index (χ2n) is 4.00. The van der Waals surface area contributed by atoms with Gasteiger partial charge in [0, 0.05) is 13.1 Å². The molecule has 0 amide bonds. The topological polar surface area (TPSA) is 36.4 Å². The number of aliphatic hydroxyl groups is 1. The number of hydrogen-bond acceptors (Lipinski definition) is 4. The number of thioether (sulfide) groups is 1. The molecule has 0 saturated heterocycles. The second kappa shape index (κ2) is 7.09. The third-order valence-corrected chi connectivity index (χ3v) is 3.80. The van der Waals surface area contributed by atoms with Crippen LogP contribution in [0.2, 0.25) is 5.02 Å². The van der Waals surface area contributed by atoms with Crippen molar-refractivity contribution in [3.05, 3.63) is 22.8 Å². The molecule has 0 aromatic carbocycles. The highest BCUT2D eigenvalue weighted by Crippen LogP contribution is 2.20. The van der Waals surface area contributed by atoms with E-state index in [0.29, 0.717) is 16.8 Å². The molecule has 0 bridgehead atoms. The number of aliphatic hydroxyl groups excluding tert-OH is 1. The molecule has 1 aromatic heterocycles. The van der Waals surface area contributed by atoms with Gasteiger partial charge in [-0.2, -0.15) is 11.8 Å². The fraction of sp³-hybridized carbons (Fsp3) is 0.583. The number of rotatable bonds is 6. The van der Waals surface area contributed by atoms with Gasteiger partial charge in [0.15, 0.2) is 0 Å². The number of nitrogens with zero attached hydrogens (tertiary/aromatic N) is 2. The Morgan fingerprint density at radius 1 is 1.53 bits per heavy atom. The van der Waals surface area contributed by atoms with Crippen molar-refractivity contribution >= 4 is 29.2 Å². The molecule has 0 aliphatic heterocycles. The van der Waals surface area contributed by atoms with Crippen LogP contribution in [0.15, 0.2) is 12.1 Å². The van der Waals surface area contributed by atoms with E-state index in [9.17, 15) is 0 Å².